The first-order valence-corrected chi connectivity index (χ1v) is 9.67. The van der Waals surface area contributed by atoms with Gasteiger partial charge in [0.05, 0.1) is 4.90 Å². The standard InChI is InChI=1S/C17H27N2O2S/c1-14(2)13-19-11-9-17(3,10-12-19)18-15-5-7-16(8-6-15)22(4,20)21/h5-8,18H,9-13H2,1-4H3. The molecule has 22 heavy (non-hydrogen) atoms. The van der Waals surface area contributed by atoms with E-state index < -0.39 is 9.84 Å². The highest BCUT2D eigenvalue weighted by atomic mass is 32.2. The second-order valence-electron chi connectivity index (χ2n) is 6.97. The fraction of sp³-hybridized carbons (Fsp3) is 0.588. The molecule has 4 nitrogen and oxygen atoms in total. The SMILES string of the molecule is C[C](C)CN1CCC(C)(Nc2ccc(S(C)(=O)=O)cc2)CC1. The van der Waals surface area contributed by atoms with Gasteiger partial charge in [0.2, 0.25) is 0 Å². The van der Waals surface area contributed by atoms with Crippen LogP contribution in [0.1, 0.15) is 33.6 Å². The molecule has 1 aliphatic rings. The van der Waals surface area contributed by atoms with Gasteiger partial charge in [0, 0.05) is 37.1 Å². The lowest BCUT2D eigenvalue weighted by Crippen LogP contribution is -2.47. The van der Waals surface area contributed by atoms with Crippen LogP contribution in [0.5, 0.6) is 0 Å². The molecule has 0 amide bonds. The zero-order valence-electron chi connectivity index (χ0n) is 14.0. The van der Waals surface area contributed by atoms with Crippen molar-refractivity contribution in [3.05, 3.63) is 30.2 Å². The largest absolute Gasteiger partial charge is 0.380 e. The first kappa shape index (κ1) is 17.3. The average molecular weight is 323 g/mol. The van der Waals surface area contributed by atoms with Crippen LogP contribution in [0.4, 0.5) is 5.69 Å². The third-order valence-electron chi connectivity index (χ3n) is 4.23. The van der Waals surface area contributed by atoms with Crippen LogP contribution in [-0.2, 0) is 9.84 Å². The molecule has 1 radical (unpaired) electrons. The van der Waals surface area contributed by atoms with E-state index in [2.05, 4.69) is 31.0 Å². The molecule has 0 bridgehead atoms. The summed E-state index contributed by atoms with van der Waals surface area (Å²) in [6.07, 6.45) is 3.42. The molecule has 1 aliphatic heterocycles. The highest BCUT2D eigenvalue weighted by Crippen LogP contribution is 2.27. The Morgan fingerprint density at radius 2 is 1.73 bits per heavy atom. The molecule has 123 valence electrons. The Balaban J connectivity index is 1.96. The van der Waals surface area contributed by atoms with Crippen LogP contribution in [0.25, 0.3) is 0 Å². The van der Waals surface area contributed by atoms with Crippen LogP contribution in [0.15, 0.2) is 29.2 Å². The topological polar surface area (TPSA) is 49.4 Å². The molecule has 0 unspecified atom stereocenters. The quantitative estimate of drug-likeness (QED) is 0.905. The zero-order valence-corrected chi connectivity index (χ0v) is 14.8. The number of benzene rings is 1. The van der Waals surface area contributed by atoms with Crippen LogP contribution in [0.3, 0.4) is 0 Å². The Morgan fingerprint density at radius 1 is 1.18 bits per heavy atom. The van der Waals surface area contributed by atoms with Crippen molar-refractivity contribution in [2.75, 3.05) is 31.2 Å². The van der Waals surface area contributed by atoms with E-state index in [1.807, 2.05) is 12.1 Å². The number of hydrogen-bond donors (Lipinski definition) is 1. The van der Waals surface area contributed by atoms with Crippen LogP contribution in [-0.4, -0.2) is 44.7 Å². The van der Waals surface area contributed by atoms with Gasteiger partial charge in [-0.1, -0.05) is 13.8 Å². The average Bonchev–Trinajstić information content (AvgIpc) is 2.41. The molecule has 1 N–H and O–H groups in total. The van der Waals surface area contributed by atoms with Gasteiger partial charge in [0.15, 0.2) is 9.84 Å². The molecule has 0 aliphatic carbocycles. The monoisotopic (exact) mass is 323 g/mol. The summed E-state index contributed by atoms with van der Waals surface area (Å²) in [6.45, 7) is 9.87. The molecule has 1 aromatic rings. The highest BCUT2D eigenvalue weighted by molar-refractivity contribution is 7.90. The van der Waals surface area contributed by atoms with E-state index in [4.69, 9.17) is 0 Å². The van der Waals surface area contributed by atoms with Crippen molar-refractivity contribution in [3.63, 3.8) is 0 Å². The van der Waals surface area contributed by atoms with Crippen molar-refractivity contribution in [2.24, 2.45) is 0 Å². The summed E-state index contributed by atoms with van der Waals surface area (Å²) in [5, 5.41) is 3.58. The van der Waals surface area contributed by atoms with Crippen LogP contribution in [0.2, 0.25) is 0 Å². The minimum atomic E-state index is -3.12. The Morgan fingerprint density at radius 3 is 2.18 bits per heavy atom. The van der Waals surface area contributed by atoms with E-state index in [0.717, 1.165) is 38.2 Å². The summed E-state index contributed by atoms with van der Waals surface area (Å²) in [7, 11) is -3.12. The predicted octanol–water partition coefficient (Wildman–Crippen LogP) is 2.97. The zero-order chi connectivity index (χ0) is 16.4. The Bertz CT molecular complexity index is 586. The van der Waals surface area contributed by atoms with Gasteiger partial charge in [-0.25, -0.2) is 8.42 Å². The maximum Gasteiger partial charge on any atom is 0.175 e. The Labute approximate surface area is 134 Å². The summed E-state index contributed by atoms with van der Waals surface area (Å²) in [6, 6.07) is 7.06. The van der Waals surface area contributed by atoms with Gasteiger partial charge >= 0.3 is 0 Å². The number of sulfone groups is 1. The molecule has 1 saturated heterocycles. The molecular weight excluding hydrogens is 296 g/mol. The molecule has 1 heterocycles. The van der Waals surface area contributed by atoms with Gasteiger partial charge in [-0.15, -0.1) is 0 Å². The van der Waals surface area contributed by atoms with E-state index in [1.165, 1.54) is 12.2 Å². The van der Waals surface area contributed by atoms with Gasteiger partial charge in [-0.3, -0.25) is 0 Å². The van der Waals surface area contributed by atoms with Gasteiger partial charge in [-0.2, -0.15) is 0 Å². The fourth-order valence-electron chi connectivity index (χ4n) is 2.91. The van der Waals surface area contributed by atoms with Gasteiger partial charge < -0.3 is 10.2 Å². The molecule has 0 atom stereocenters. The van der Waals surface area contributed by atoms with Gasteiger partial charge in [-0.05, 0) is 49.9 Å². The molecule has 0 aromatic heterocycles. The molecule has 2 rings (SSSR count). The number of anilines is 1. The summed E-state index contributed by atoms with van der Waals surface area (Å²) in [5.41, 5.74) is 1.06. The normalized spacial score (nSPS) is 19.3. The summed E-state index contributed by atoms with van der Waals surface area (Å²) in [5.74, 6) is 1.45. The predicted molar refractivity (Wildman–Crippen MR) is 91.8 cm³/mol. The highest BCUT2D eigenvalue weighted by Gasteiger charge is 2.30. The number of rotatable bonds is 5. The number of likely N-dealkylation sites (tertiary alicyclic amines) is 1. The third-order valence-corrected chi connectivity index (χ3v) is 5.36. The smallest absolute Gasteiger partial charge is 0.175 e. The summed E-state index contributed by atoms with van der Waals surface area (Å²) in [4.78, 5) is 2.86. The first-order valence-electron chi connectivity index (χ1n) is 7.78. The second kappa shape index (κ2) is 6.59. The first-order chi connectivity index (χ1) is 10.2. The Hall–Kier alpha value is -1.07. The van der Waals surface area contributed by atoms with Crippen molar-refractivity contribution in [2.45, 2.75) is 44.0 Å². The van der Waals surface area contributed by atoms with Gasteiger partial charge in [0.1, 0.15) is 0 Å². The third kappa shape index (κ3) is 4.71. The van der Waals surface area contributed by atoms with Crippen LogP contribution < -0.4 is 5.32 Å². The number of hydrogen-bond acceptors (Lipinski definition) is 4. The van der Waals surface area contributed by atoms with Gasteiger partial charge in [0.25, 0.3) is 0 Å². The number of nitrogens with one attached hydrogen (secondary N) is 1. The van der Waals surface area contributed by atoms with Crippen molar-refractivity contribution in [3.8, 4) is 0 Å². The van der Waals surface area contributed by atoms with Crippen molar-refractivity contribution < 1.29 is 8.42 Å². The summed E-state index contributed by atoms with van der Waals surface area (Å²) < 4.78 is 23.0. The Kier molecular flexibility index (Phi) is 5.17. The van der Waals surface area contributed by atoms with E-state index in [-0.39, 0.29) is 5.54 Å². The number of piperidine rings is 1. The van der Waals surface area contributed by atoms with Crippen LogP contribution >= 0.6 is 0 Å². The van der Waals surface area contributed by atoms with Crippen LogP contribution in [0, 0.1) is 5.92 Å². The fourth-order valence-corrected chi connectivity index (χ4v) is 3.54. The van der Waals surface area contributed by atoms with Crippen molar-refractivity contribution in [1.82, 2.24) is 4.90 Å². The lowest BCUT2D eigenvalue weighted by molar-refractivity contribution is 0.188. The molecule has 5 heteroatoms. The molecule has 1 fully saturated rings. The van der Waals surface area contributed by atoms with E-state index in [1.54, 1.807) is 12.1 Å². The maximum atomic E-state index is 11.5. The minimum Gasteiger partial charge on any atom is -0.380 e. The van der Waals surface area contributed by atoms with E-state index in [9.17, 15) is 8.42 Å². The number of nitrogens with zero attached hydrogens (tertiary/aromatic N) is 1. The van der Waals surface area contributed by atoms with E-state index >= 15 is 0 Å². The molecule has 1 aromatic carbocycles. The molecular formula is C17H27N2O2S. The maximum absolute atomic E-state index is 11.5. The summed E-state index contributed by atoms with van der Waals surface area (Å²) >= 11 is 0. The van der Waals surface area contributed by atoms with E-state index in [0.29, 0.717) is 4.90 Å². The van der Waals surface area contributed by atoms with Crippen molar-refractivity contribution >= 4 is 15.5 Å². The lowest BCUT2D eigenvalue weighted by Gasteiger charge is -2.41. The molecule has 0 saturated carbocycles. The minimum absolute atomic E-state index is 0.0742. The van der Waals surface area contributed by atoms with Crippen molar-refractivity contribution in [1.29, 1.82) is 0 Å². The lowest BCUT2D eigenvalue weighted by atomic mass is 9.89. The molecule has 0 spiro atoms. The second-order valence-corrected chi connectivity index (χ2v) is 8.98.